The highest BCUT2D eigenvalue weighted by Gasteiger charge is 2.16. The van der Waals surface area contributed by atoms with Crippen LogP contribution in [0.15, 0.2) is 18.2 Å². The van der Waals surface area contributed by atoms with Crippen molar-refractivity contribution in [2.75, 3.05) is 29.1 Å². The number of nitrogens with one attached hydrogen (secondary N) is 1. The van der Waals surface area contributed by atoms with Crippen LogP contribution in [0.3, 0.4) is 0 Å². The molecule has 2 rings (SSSR count). The molecule has 98 valence electrons. The minimum Gasteiger partial charge on any atom is -0.383 e. The number of carbonyl (C=O) groups excluding carboxylic acids is 1. The van der Waals surface area contributed by atoms with Gasteiger partial charge in [0.15, 0.2) is 5.78 Å². The Hall–Kier alpha value is -0.680. The topological polar surface area (TPSA) is 29.1 Å². The summed E-state index contributed by atoms with van der Waals surface area (Å²) >= 11 is 3.89. The first-order valence-electron chi connectivity index (χ1n) is 5.91. The maximum Gasteiger partial charge on any atom is 0.164 e. The molecule has 0 radical (unpaired) electrons. The number of anilines is 1. The van der Waals surface area contributed by atoms with Crippen molar-refractivity contribution in [1.29, 1.82) is 0 Å². The van der Waals surface area contributed by atoms with Crippen LogP contribution in [-0.2, 0) is 0 Å². The summed E-state index contributed by atoms with van der Waals surface area (Å²) in [5, 5.41) is 3.74. The molecule has 5 heteroatoms. The molecular weight excluding hydrogens is 269 g/mol. The van der Waals surface area contributed by atoms with Gasteiger partial charge in [-0.05, 0) is 19.1 Å². The average Bonchev–Trinajstić information content (AvgIpc) is 2.37. The number of Topliss-reactive ketones (excluding diaryl/α,β-unsaturated/α-hetero) is 1. The maximum atomic E-state index is 13.6. The summed E-state index contributed by atoms with van der Waals surface area (Å²) < 4.78 is 13.6. The van der Waals surface area contributed by atoms with E-state index >= 15 is 0 Å². The largest absolute Gasteiger partial charge is 0.383 e. The molecule has 1 aromatic carbocycles. The van der Waals surface area contributed by atoms with E-state index in [0.29, 0.717) is 10.9 Å². The molecule has 1 aromatic rings. The second-order valence-electron chi connectivity index (χ2n) is 4.17. The monoisotopic (exact) mass is 285 g/mol. The fourth-order valence-corrected chi connectivity index (χ4v) is 4.52. The molecule has 2 nitrogen and oxygen atoms in total. The third-order valence-electron chi connectivity index (χ3n) is 2.77. The van der Waals surface area contributed by atoms with Crippen LogP contribution >= 0.6 is 23.5 Å². The highest BCUT2D eigenvalue weighted by atomic mass is 32.2. The molecule has 0 aliphatic carbocycles. The Morgan fingerprint density at radius 1 is 1.50 bits per heavy atom. The molecule has 1 atom stereocenters. The minimum absolute atomic E-state index is 0.172. The molecule has 1 aliphatic heterocycles. The number of thioether (sulfide) groups is 2. The van der Waals surface area contributed by atoms with Gasteiger partial charge in [0.25, 0.3) is 0 Å². The van der Waals surface area contributed by atoms with Gasteiger partial charge in [0.05, 0.1) is 5.56 Å². The number of carbonyl (C=O) groups is 1. The normalized spacial score (nSPS) is 19.6. The van der Waals surface area contributed by atoms with Crippen molar-refractivity contribution in [1.82, 2.24) is 0 Å². The van der Waals surface area contributed by atoms with Crippen molar-refractivity contribution < 1.29 is 9.18 Å². The standard InChI is InChI=1S/C13H16FNOS2/c1-9(16)13-11(14)3-2-4-12(13)15-7-10-8-17-5-6-18-10/h2-4,10,15H,5-8H2,1H3. The van der Waals surface area contributed by atoms with E-state index in [1.54, 1.807) is 12.1 Å². The van der Waals surface area contributed by atoms with E-state index in [9.17, 15) is 9.18 Å². The quantitative estimate of drug-likeness (QED) is 0.860. The Balaban J connectivity index is 2.04. The Morgan fingerprint density at radius 2 is 2.33 bits per heavy atom. The summed E-state index contributed by atoms with van der Waals surface area (Å²) in [5.74, 6) is 2.81. The number of hydrogen-bond donors (Lipinski definition) is 1. The van der Waals surface area contributed by atoms with Crippen LogP contribution in [-0.4, -0.2) is 34.8 Å². The second-order valence-corrected chi connectivity index (χ2v) is 6.73. The smallest absolute Gasteiger partial charge is 0.164 e. The number of ketones is 1. The van der Waals surface area contributed by atoms with Crippen molar-refractivity contribution >= 4 is 35.0 Å². The van der Waals surface area contributed by atoms with Gasteiger partial charge in [-0.1, -0.05) is 6.07 Å². The van der Waals surface area contributed by atoms with Crippen molar-refractivity contribution in [3.8, 4) is 0 Å². The van der Waals surface area contributed by atoms with Crippen LogP contribution in [0.2, 0.25) is 0 Å². The molecule has 1 aliphatic rings. The van der Waals surface area contributed by atoms with Gasteiger partial charge in [-0.15, -0.1) is 0 Å². The Bertz CT molecular complexity index is 433. The van der Waals surface area contributed by atoms with Crippen molar-refractivity contribution in [2.24, 2.45) is 0 Å². The van der Waals surface area contributed by atoms with E-state index in [4.69, 9.17) is 0 Å². The van der Waals surface area contributed by atoms with Crippen LogP contribution < -0.4 is 5.32 Å². The Labute approximate surface area is 115 Å². The zero-order chi connectivity index (χ0) is 13.0. The molecule has 0 amide bonds. The lowest BCUT2D eigenvalue weighted by Crippen LogP contribution is -2.24. The molecule has 0 spiro atoms. The molecule has 1 unspecified atom stereocenters. The van der Waals surface area contributed by atoms with Crippen LogP contribution in [0.25, 0.3) is 0 Å². The zero-order valence-electron chi connectivity index (χ0n) is 10.2. The molecule has 1 fully saturated rings. The average molecular weight is 285 g/mol. The molecule has 0 bridgehead atoms. The van der Waals surface area contributed by atoms with Gasteiger partial charge in [0.2, 0.25) is 0 Å². The summed E-state index contributed by atoms with van der Waals surface area (Å²) in [6.07, 6.45) is 0. The molecule has 18 heavy (non-hydrogen) atoms. The Morgan fingerprint density at radius 3 is 3.00 bits per heavy atom. The summed E-state index contributed by atoms with van der Waals surface area (Å²) in [6.45, 7) is 2.18. The number of rotatable bonds is 4. The summed E-state index contributed by atoms with van der Waals surface area (Å²) in [4.78, 5) is 11.4. The SMILES string of the molecule is CC(=O)c1c(F)cccc1NCC1CSCCS1. The lowest BCUT2D eigenvalue weighted by molar-refractivity contribution is 0.101. The van der Waals surface area contributed by atoms with E-state index in [1.165, 1.54) is 24.5 Å². The summed E-state index contributed by atoms with van der Waals surface area (Å²) in [6, 6.07) is 4.72. The van der Waals surface area contributed by atoms with Gasteiger partial charge >= 0.3 is 0 Å². The van der Waals surface area contributed by atoms with Gasteiger partial charge in [0, 0.05) is 34.7 Å². The minimum atomic E-state index is -0.446. The van der Waals surface area contributed by atoms with E-state index < -0.39 is 5.82 Å². The van der Waals surface area contributed by atoms with Crippen LogP contribution in [0, 0.1) is 5.82 Å². The highest BCUT2D eigenvalue weighted by molar-refractivity contribution is 8.06. The number of halogens is 1. The number of hydrogen-bond acceptors (Lipinski definition) is 4. The van der Waals surface area contributed by atoms with Gasteiger partial charge in [-0.25, -0.2) is 4.39 Å². The number of benzene rings is 1. The summed E-state index contributed by atoms with van der Waals surface area (Å²) in [7, 11) is 0. The van der Waals surface area contributed by atoms with E-state index in [0.717, 1.165) is 12.3 Å². The first-order valence-corrected chi connectivity index (χ1v) is 8.11. The van der Waals surface area contributed by atoms with E-state index in [1.807, 2.05) is 23.5 Å². The highest BCUT2D eigenvalue weighted by Crippen LogP contribution is 2.25. The lowest BCUT2D eigenvalue weighted by atomic mass is 10.1. The fourth-order valence-electron chi connectivity index (χ4n) is 1.91. The van der Waals surface area contributed by atoms with Crippen LogP contribution in [0.5, 0.6) is 0 Å². The zero-order valence-corrected chi connectivity index (χ0v) is 11.9. The van der Waals surface area contributed by atoms with Gasteiger partial charge in [-0.3, -0.25) is 4.79 Å². The van der Waals surface area contributed by atoms with Crippen LogP contribution in [0.4, 0.5) is 10.1 Å². The lowest BCUT2D eigenvalue weighted by Gasteiger charge is -2.22. The second kappa shape index (κ2) is 6.48. The molecule has 1 saturated heterocycles. The predicted octanol–water partition coefficient (Wildman–Crippen LogP) is 3.29. The van der Waals surface area contributed by atoms with E-state index in [-0.39, 0.29) is 11.3 Å². The van der Waals surface area contributed by atoms with Crippen molar-refractivity contribution in [2.45, 2.75) is 12.2 Å². The van der Waals surface area contributed by atoms with Gasteiger partial charge < -0.3 is 5.32 Å². The molecule has 1 heterocycles. The van der Waals surface area contributed by atoms with Crippen molar-refractivity contribution in [3.05, 3.63) is 29.6 Å². The van der Waals surface area contributed by atoms with Gasteiger partial charge in [-0.2, -0.15) is 23.5 Å². The molecule has 1 N–H and O–H groups in total. The first-order chi connectivity index (χ1) is 8.68. The third kappa shape index (κ3) is 3.42. The third-order valence-corrected chi connectivity index (χ3v) is 5.62. The molecular formula is C13H16FNOS2. The van der Waals surface area contributed by atoms with E-state index in [2.05, 4.69) is 5.32 Å². The van der Waals surface area contributed by atoms with Gasteiger partial charge in [0.1, 0.15) is 5.82 Å². The fraction of sp³-hybridized carbons (Fsp3) is 0.462. The molecule has 0 aromatic heterocycles. The van der Waals surface area contributed by atoms with Crippen molar-refractivity contribution in [3.63, 3.8) is 0 Å². The molecule has 0 saturated carbocycles. The Kier molecular flexibility index (Phi) is 4.95. The van der Waals surface area contributed by atoms with Crippen LogP contribution in [0.1, 0.15) is 17.3 Å². The predicted molar refractivity (Wildman–Crippen MR) is 78.5 cm³/mol. The first kappa shape index (κ1) is 13.7. The summed E-state index contributed by atoms with van der Waals surface area (Å²) in [5.41, 5.74) is 0.782. The maximum absolute atomic E-state index is 13.6.